The van der Waals surface area contributed by atoms with Crippen LogP contribution in [0.15, 0.2) is 52.4 Å². The number of rotatable bonds is 3. The van der Waals surface area contributed by atoms with Crippen molar-refractivity contribution in [1.82, 2.24) is 0 Å². The second kappa shape index (κ2) is 6.68. The van der Waals surface area contributed by atoms with E-state index in [9.17, 15) is 12.8 Å². The number of nitrogens with zero attached hydrogens (tertiary/aromatic N) is 1. The Labute approximate surface area is 153 Å². The lowest BCUT2D eigenvalue weighted by atomic mass is 10.0. The van der Waals surface area contributed by atoms with Crippen molar-refractivity contribution in [3.63, 3.8) is 0 Å². The molecule has 0 spiro atoms. The molecule has 0 atom stereocenters. The van der Waals surface area contributed by atoms with Gasteiger partial charge in [0.25, 0.3) is 10.0 Å². The van der Waals surface area contributed by atoms with Crippen molar-refractivity contribution in [2.24, 2.45) is 4.40 Å². The maximum atomic E-state index is 13.3. The van der Waals surface area contributed by atoms with Crippen LogP contribution in [-0.4, -0.2) is 14.3 Å². The van der Waals surface area contributed by atoms with E-state index in [0.717, 1.165) is 5.56 Å². The molecule has 0 saturated heterocycles. The molecule has 136 valence electrons. The van der Waals surface area contributed by atoms with E-state index in [1.54, 1.807) is 19.9 Å². The van der Waals surface area contributed by atoms with E-state index in [4.69, 9.17) is 0 Å². The second-order valence-corrected chi connectivity index (χ2v) is 8.27. The fourth-order valence-corrected chi connectivity index (χ4v) is 4.36. The van der Waals surface area contributed by atoms with Gasteiger partial charge >= 0.3 is 0 Å². The molecule has 0 bridgehead atoms. The number of hydrogen-bond donors (Lipinski definition) is 1. The molecule has 4 nitrogen and oxygen atoms in total. The van der Waals surface area contributed by atoms with Crippen LogP contribution in [0.2, 0.25) is 0 Å². The summed E-state index contributed by atoms with van der Waals surface area (Å²) >= 11 is 0. The van der Waals surface area contributed by atoms with E-state index < -0.39 is 10.0 Å². The number of aryl methyl sites for hydroxylation is 1. The van der Waals surface area contributed by atoms with Crippen LogP contribution in [0, 0.1) is 12.7 Å². The Hall–Kier alpha value is -2.47. The molecule has 0 aliphatic carbocycles. The molecule has 6 heteroatoms. The van der Waals surface area contributed by atoms with Crippen LogP contribution in [0.3, 0.4) is 0 Å². The van der Waals surface area contributed by atoms with E-state index in [1.807, 2.05) is 24.3 Å². The molecule has 2 aromatic carbocycles. The summed E-state index contributed by atoms with van der Waals surface area (Å²) in [6.45, 7) is 7.64. The topological polar surface area (TPSA) is 58.5 Å². The number of hydrogen-bond acceptors (Lipinski definition) is 3. The number of nitrogens with one attached hydrogen (secondary N) is 1. The molecule has 0 fully saturated rings. The smallest absolute Gasteiger partial charge is 0.285 e. The summed E-state index contributed by atoms with van der Waals surface area (Å²) in [6, 6.07) is 11.8. The number of benzene rings is 2. The maximum absolute atomic E-state index is 13.3. The van der Waals surface area contributed by atoms with Gasteiger partial charge in [0.05, 0.1) is 0 Å². The zero-order valence-corrected chi connectivity index (χ0v) is 16.0. The summed E-state index contributed by atoms with van der Waals surface area (Å²) in [5, 5.41) is 3.02. The van der Waals surface area contributed by atoms with Crippen molar-refractivity contribution in [2.45, 2.75) is 33.6 Å². The van der Waals surface area contributed by atoms with Gasteiger partial charge < -0.3 is 5.32 Å². The largest absolute Gasteiger partial charge is 0.339 e. The molecule has 0 amide bonds. The van der Waals surface area contributed by atoms with Gasteiger partial charge in [0.2, 0.25) is 0 Å². The van der Waals surface area contributed by atoms with Crippen LogP contribution < -0.4 is 5.32 Å². The second-order valence-electron chi connectivity index (χ2n) is 6.73. The first kappa shape index (κ1) is 18.3. The molecule has 0 saturated carbocycles. The third kappa shape index (κ3) is 3.42. The monoisotopic (exact) mass is 372 g/mol. The molecular formula is C20H21FN2O2S. The zero-order chi connectivity index (χ0) is 19.1. The summed E-state index contributed by atoms with van der Waals surface area (Å²) in [5.74, 6) is 0.295. The Morgan fingerprint density at radius 3 is 2.27 bits per heavy atom. The predicted octanol–water partition coefficient (Wildman–Crippen LogP) is 4.84. The Morgan fingerprint density at radius 1 is 1.04 bits per heavy atom. The van der Waals surface area contributed by atoms with E-state index in [0.29, 0.717) is 28.3 Å². The van der Waals surface area contributed by atoms with E-state index in [2.05, 4.69) is 23.6 Å². The minimum Gasteiger partial charge on any atom is -0.339 e. The highest BCUT2D eigenvalue weighted by molar-refractivity contribution is 8.00. The van der Waals surface area contributed by atoms with Gasteiger partial charge in [-0.25, -0.2) is 4.39 Å². The Balaban J connectivity index is 1.99. The highest BCUT2D eigenvalue weighted by Gasteiger charge is 2.31. The van der Waals surface area contributed by atoms with Crippen LogP contribution in [0.5, 0.6) is 0 Å². The molecule has 1 N–H and O–H groups in total. The summed E-state index contributed by atoms with van der Waals surface area (Å²) in [4.78, 5) is 0.204. The number of halogens is 1. The standard InChI is InChI=1S/C20H21FN2O2S/c1-12(2)15-5-7-16(8-6-15)19-14(4)20(23-26(19,24)25)22-18-10-9-17(21)11-13(18)3/h5-12H,1-4H3,(H,22,23). The Bertz CT molecular complexity index is 1020. The number of anilines is 1. The van der Waals surface area contributed by atoms with Crippen LogP contribution in [0.25, 0.3) is 4.91 Å². The van der Waals surface area contributed by atoms with Gasteiger partial charge in [-0.2, -0.15) is 8.42 Å². The predicted molar refractivity (Wildman–Crippen MR) is 104 cm³/mol. The highest BCUT2D eigenvalue weighted by atomic mass is 32.2. The molecule has 0 aromatic heterocycles. The minimum atomic E-state index is -3.78. The van der Waals surface area contributed by atoms with Gasteiger partial charge in [0, 0.05) is 11.3 Å². The van der Waals surface area contributed by atoms with Gasteiger partial charge in [-0.1, -0.05) is 38.1 Å². The molecule has 2 aromatic rings. The highest BCUT2D eigenvalue weighted by Crippen LogP contribution is 2.34. The molecule has 0 radical (unpaired) electrons. The van der Waals surface area contributed by atoms with Crippen molar-refractivity contribution in [3.8, 4) is 0 Å². The van der Waals surface area contributed by atoms with Gasteiger partial charge in [-0.15, -0.1) is 4.40 Å². The molecule has 1 heterocycles. The van der Waals surface area contributed by atoms with Crippen molar-refractivity contribution in [2.75, 3.05) is 5.32 Å². The fraction of sp³-hybridized carbons (Fsp3) is 0.250. The SMILES string of the molecule is CC1=C(c2ccc(C(C)C)cc2)S(=O)(=O)N=C1Nc1ccc(F)cc1C. The first-order valence-corrected chi connectivity index (χ1v) is 9.83. The van der Waals surface area contributed by atoms with Gasteiger partial charge in [-0.05, 0) is 54.7 Å². The van der Waals surface area contributed by atoms with Gasteiger partial charge in [-0.3, -0.25) is 0 Å². The summed E-state index contributed by atoms with van der Waals surface area (Å²) in [5.41, 5.74) is 3.60. The Morgan fingerprint density at radius 2 is 1.69 bits per heavy atom. The van der Waals surface area contributed by atoms with Crippen molar-refractivity contribution in [1.29, 1.82) is 0 Å². The lowest BCUT2D eigenvalue weighted by molar-refractivity contribution is 0.608. The van der Waals surface area contributed by atoms with Gasteiger partial charge in [0.15, 0.2) is 0 Å². The third-order valence-corrected chi connectivity index (χ3v) is 5.93. The molecule has 3 rings (SSSR count). The first-order chi connectivity index (χ1) is 12.2. The molecule has 26 heavy (non-hydrogen) atoms. The normalized spacial score (nSPS) is 16.2. The molecule has 1 aliphatic heterocycles. The first-order valence-electron chi connectivity index (χ1n) is 8.39. The lowest BCUT2D eigenvalue weighted by Gasteiger charge is -2.10. The fourth-order valence-electron chi connectivity index (χ4n) is 2.93. The third-order valence-electron chi connectivity index (χ3n) is 4.45. The van der Waals surface area contributed by atoms with Crippen LogP contribution in [0.1, 0.15) is 43.4 Å². The van der Waals surface area contributed by atoms with Crippen LogP contribution >= 0.6 is 0 Å². The van der Waals surface area contributed by atoms with Crippen molar-refractivity contribution in [3.05, 3.63) is 70.5 Å². The average Bonchev–Trinajstić information content (AvgIpc) is 2.79. The Kier molecular flexibility index (Phi) is 4.71. The summed E-state index contributed by atoms with van der Waals surface area (Å²) in [6.07, 6.45) is 0. The minimum absolute atomic E-state index is 0.204. The quantitative estimate of drug-likeness (QED) is 0.838. The summed E-state index contributed by atoms with van der Waals surface area (Å²) < 4.78 is 42.3. The van der Waals surface area contributed by atoms with E-state index in [-0.39, 0.29) is 16.6 Å². The number of amidine groups is 1. The average molecular weight is 372 g/mol. The molecular weight excluding hydrogens is 351 g/mol. The van der Waals surface area contributed by atoms with E-state index in [1.165, 1.54) is 12.1 Å². The van der Waals surface area contributed by atoms with Crippen molar-refractivity contribution >= 4 is 26.5 Å². The van der Waals surface area contributed by atoms with Crippen LogP contribution in [-0.2, 0) is 10.0 Å². The maximum Gasteiger partial charge on any atom is 0.285 e. The van der Waals surface area contributed by atoms with Crippen LogP contribution in [0.4, 0.5) is 10.1 Å². The molecule has 1 aliphatic rings. The zero-order valence-electron chi connectivity index (χ0n) is 15.2. The number of sulfonamides is 1. The summed E-state index contributed by atoms with van der Waals surface area (Å²) in [7, 11) is -3.78. The van der Waals surface area contributed by atoms with Gasteiger partial charge in [0.1, 0.15) is 16.6 Å². The van der Waals surface area contributed by atoms with Crippen molar-refractivity contribution < 1.29 is 12.8 Å². The van der Waals surface area contributed by atoms with E-state index >= 15 is 0 Å². The molecule has 0 unspecified atom stereocenters. The lowest BCUT2D eigenvalue weighted by Crippen LogP contribution is -2.12.